The van der Waals surface area contributed by atoms with E-state index in [0.29, 0.717) is 16.6 Å². The normalized spacial score (nSPS) is 15.4. The lowest BCUT2D eigenvalue weighted by atomic mass is 10.0. The van der Waals surface area contributed by atoms with Gasteiger partial charge in [-0.2, -0.15) is 0 Å². The van der Waals surface area contributed by atoms with Crippen LogP contribution in [0.15, 0.2) is 59.6 Å². The molecule has 0 aliphatic carbocycles. The maximum absolute atomic E-state index is 11.0. The highest BCUT2D eigenvalue weighted by molar-refractivity contribution is 7.80. The molecule has 1 unspecified atom stereocenters. The fourth-order valence-corrected chi connectivity index (χ4v) is 5.01. The maximum Gasteiger partial charge on any atom is 0.302 e. The minimum absolute atomic E-state index is 0.121. The topological polar surface area (TPSA) is 50.7 Å². The van der Waals surface area contributed by atoms with Gasteiger partial charge in [0.1, 0.15) is 16.6 Å². The van der Waals surface area contributed by atoms with Crippen molar-refractivity contribution in [2.45, 2.75) is 39.3 Å². The second-order valence-electron chi connectivity index (χ2n) is 7.68. The predicted octanol–water partition coefficient (Wildman–Crippen LogP) is 6.23. The van der Waals surface area contributed by atoms with E-state index in [1.165, 1.54) is 17.4 Å². The number of ether oxygens (including phenoxy) is 1. The van der Waals surface area contributed by atoms with Gasteiger partial charge in [-0.1, -0.05) is 66.3 Å². The van der Waals surface area contributed by atoms with Crippen LogP contribution < -0.4 is 5.32 Å². The zero-order chi connectivity index (χ0) is 22.7. The van der Waals surface area contributed by atoms with Crippen LogP contribution in [-0.4, -0.2) is 22.7 Å². The highest BCUT2D eigenvalue weighted by atomic mass is 35.5. The van der Waals surface area contributed by atoms with Gasteiger partial charge in [-0.25, -0.2) is 0 Å². The summed E-state index contributed by atoms with van der Waals surface area (Å²) in [6.07, 6.45) is 1.81. The van der Waals surface area contributed by atoms with E-state index in [2.05, 4.69) is 23.5 Å². The molecule has 0 spiro atoms. The highest BCUT2D eigenvalue weighted by Gasteiger charge is 2.24. The average molecular weight is 483 g/mol. The van der Waals surface area contributed by atoms with Crippen molar-refractivity contribution in [2.24, 2.45) is 4.99 Å². The molecule has 7 heteroatoms. The van der Waals surface area contributed by atoms with E-state index in [-0.39, 0.29) is 12.0 Å². The molecule has 1 aromatic heterocycles. The van der Waals surface area contributed by atoms with Crippen molar-refractivity contribution in [3.63, 3.8) is 0 Å². The van der Waals surface area contributed by atoms with Crippen molar-refractivity contribution in [1.29, 1.82) is 0 Å². The minimum Gasteiger partial charge on any atom is -0.461 e. The molecule has 2 aromatic carbocycles. The number of thiophene rings is 1. The first-order chi connectivity index (χ1) is 15.4. The first-order valence-electron chi connectivity index (χ1n) is 10.4. The van der Waals surface area contributed by atoms with E-state index < -0.39 is 0 Å². The van der Waals surface area contributed by atoms with Crippen molar-refractivity contribution in [3.8, 4) is 0 Å². The molecule has 4 rings (SSSR count). The molecule has 2 heterocycles. The number of nitrogens with one attached hydrogen (secondary N) is 1. The van der Waals surface area contributed by atoms with E-state index >= 15 is 0 Å². The molecule has 164 valence electrons. The lowest BCUT2D eigenvalue weighted by Crippen LogP contribution is -2.19. The number of hydrogen-bond donors (Lipinski definition) is 1. The quantitative estimate of drug-likeness (QED) is 0.334. The number of rotatable bonds is 6. The molecule has 0 saturated heterocycles. The second-order valence-corrected chi connectivity index (χ2v) is 9.66. The zero-order valence-electron chi connectivity index (χ0n) is 17.9. The molecule has 0 saturated carbocycles. The zero-order valence-corrected chi connectivity index (χ0v) is 20.2. The van der Waals surface area contributed by atoms with Crippen LogP contribution in [0.3, 0.4) is 0 Å². The average Bonchev–Trinajstić information content (AvgIpc) is 3.13. The summed E-state index contributed by atoms with van der Waals surface area (Å²) in [5, 5.41) is 5.09. The Morgan fingerprint density at radius 2 is 1.84 bits per heavy atom. The molecule has 4 nitrogen and oxygen atoms in total. The van der Waals surface area contributed by atoms with Gasteiger partial charge < -0.3 is 10.1 Å². The van der Waals surface area contributed by atoms with Gasteiger partial charge in [0.25, 0.3) is 0 Å². The largest absolute Gasteiger partial charge is 0.461 e. The molecule has 3 aromatic rings. The first kappa shape index (κ1) is 22.6. The molecule has 1 N–H and O–H groups in total. The summed E-state index contributed by atoms with van der Waals surface area (Å²) >= 11 is 13.8. The monoisotopic (exact) mass is 482 g/mol. The number of aryl methyl sites for hydroxylation is 2. The van der Waals surface area contributed by atoms with E-state index in [0.717, 1.165) is 40.2 Å². The summed E-state index contributed by atoms with van der Waals surface area (Å²) < 4.78 is 5.05. The lowest BCUT2D eigenvalue weighted by Gasteiger charge is -2.09. The van der Waals surface area contributed by atoms with Gasteiger partial charge in [0.15, 0.2) is 0 Å². The first-order valence-corrected chi connectivity index (χ1v) is 12.0. The smallest absolute Gasteiger partial charge is 0.302 e. The Bertz CT molecular complexity index is 1180. The van der Waals surface area contributed by atoms with Crippen LogP contribution in [0.2, 0.25) is 5.02 Å². The van der Waals surface area contributed by atoms with Crippen LogP contribution >= 0.6 is 35.2 Å². The summed E-state index contributed by atoms with van der Waals surface area (Å²) in [4.78, 5) is 17.8. The van der Waals surface area contributed by atoms with Gasteiger partial charge >= 0.3 is 5.97 Å². The molecule has 1 aliphatic rings. The number of fused-ring (bicyclic) bond motifs is 1. The van der Waals surface area contributed by atoms with Gasteiger partial charge in [0, 0.05) is 28.0 Å². The van der Waals surface area contributed by atoms with E-state index in [4.69, 9.17) is 33.5 Å². The van der Waals surface area contributed by atoms with Crippen molar-refractivity contribution in [1.82, 2.24) is 0 Å². The Morgan fingerprint density at radius 3 is 2.56 bits per heavy atom. The molecule has 32 heavy (non-hydrogen) atoms. The molecule has 0 bridgehead atoms. The van der Waals surface area contributed by atoms with Crippen molar-refractivity contribution in [2.75, 3.05) is 5.32 Å². The van der Waals surface area contributed by atoms with Crippen LogP contribution in [0.5, 0.6) is 0 Å². The summed E-state index contributed by atoms with van der Waals surface area (Å²) in [6, 6.07) is 18.0. The third-order valence-corrected chi connectivity index (χ3v) is 7.11. The number of hydrogen-bond acceptors (Lipinski definition) is 5. The van der Waals surface area contributed by atoms with Crippen LogP contribution in [0, 0.1) is 0 Å². The highest BCUT2D eigenvalue weighted by Crippen LogP contribution is 2.35. The number of benzene rings is 2. The van der Waals surface area contributed by atoms with Crippen LogP contribution in [0.1, 0.15) is 41.0 Å². The molecule has 1 aliphatic heterocycles. The number of thiocarbonyl (C=S) groups is 1. The number of anilines is 1. The standard InChI is InChI=1S/C25H23ClN2O2S2/c1-15-24(31)28-25-21(23(27-15)20-5-3-4-6-22(20)26)13-19(32-25)12-11-17-7-9-18(10-8-17)14-30-16(2)29/h3-10,13,15H,11-12,14H2,1-2H3,(H,28,31). The Labute approximate surface area is 202 Å². The minimum atomic E-state index is -0.270. The van der Waals surface area contributed by atoms with E-state index in [9.17, 15) is 4.79 Å². The van der Waals surface area contributed by atoms with Crippen LogP contribution in [0.4, 0.5) is 5.00 Å². The van der Waals surface area contributed by atoms with E-state index in [1.54, 1.807) is 11.3 Å². The lowest BCUT2D eigenvalue weighted by molar-refractivity contribution is -0.142. The Kier molecular flexibility index (Phi) is 7.04. The number of nitrogens with zero attached hydrogens (tertiary/aromatic N) is 1. The Morgan fingerprint density at radius 1 is 1.12 bits per heavy atom. The van der Waals surface area contributed by atoms with Crippen molar-refractivity contribution >= 4 is 56.8 Å². The third-order valence-electron chi connectivity index (χ3n) is 5.23. The van der Waals surface area contributed by atoms with Gasteiger partial charge in [-0.15, -0.1) is 11.3 Å². The molecular formula is C25H23ClN2O2S2. The fourth-order valence-electron chi connectivity index (χ4n) is 3.49. The fraction of sp³-hybridized carbons (Fsp3) is 0.240. The molecule has 0 fully saturated rings. The van der Waals surface area contributed by atoms with Crippen molar-refractivity contribution in [3.05, 3.63) is 86.8 Å². The van der Waals surface area contributed by atoms with Crippen molar-refractivity contribution < 1.29 is 9.53 Å². The van der Waals surface area contributed by atoms with Gasteiger partial charge in [-0.3, -0.25) is 9.79 Å². The number of aliphatic imine (C=N–C) groups is 1. The van der Waals surface area contributed by atoms with Gasteiger partial charge in [-0.05, 0) is 43.0 Å². The van der Waals surface area contributed by atoms with Gasteiger partial charge in [0.2, 0.25) is 0 Å². The Balaban J connectivity index is 1.54. The van der Waals surface area contributed by atoms with Gasteiger partial charge in [0.05, 0.1) is 11.8 Å². The summed E-state index contributed by atoms with van der Waals surface area (Å²) in [5.74, 6) is -0.270. The molecule has 1 atom stereocenters. The number of halogens is 1. The maximum atomic E-state index is 11.0. The molecule has 0 radical (unpaired) electrons. The van der Waals surface area contributed by atoms with Crippen LogP contribution in [0.25, 0.3) is 0 Å². The Hall–Kier alpha value is -2.54. The summed E-state index contributed by atoms with van der Waals surface area (Å²) in [6.45, 7) is 3.72. The third kappa shape index (κ3) is 5.26. The molecule has 0 amide bonds. The summed E-state index contributed by atoms with van der Waals surface area (Å²) in [5.41, 5.74) is 5.06. The number of carbonyl (C=O) groups is 1. The predicted molar refractivity (Wildman–Crippen MR) is 136 cm³/mol. The molecular weight excluding hydrogens is 460 g/mol. The number of esters is 1. The van der Waals surface area contributed by atoms with E-state index in [1.807, 2.05) is 43.3 Å². The van der Waals surface area contributed by atoms with Crippen LogP contribution in [-0.2, 0) is 29.0 Å². The second kappa shape index (κ2) is 9.94. The SMILES string of the molecule is CC(=O)OCc1ccc(CCc2cc3c(s2)NC(=S)C(C)N=C3c2ccccc2Cl)cc1. The summed E-state index contributed by atoms with van der Waals surface area (Å²) in [7, 11) is 0. The number of carbonyl (C=O) groups excluding carboxylic acids is 1.